The van der Waals surface area contributed by atoms with Gasteiger partial charge in [0.2, 0.25) is 5.95 Å². The van der Waals surface area contributed by atoms with Gasteiger partial charge in [0.1, 0.15) is 0 Å². The van der Waals surface area contributed by atoms with Crippen molar-refractivity contribution in [2.75, 3.05) is 11.1 Å². The van der Waals surface area contributed by atoms with Crippen LogP contribution in [0.5, 0.6) is 0 Å². The third kappa shape index (κ3) is 2.09. The fraction of sp³-hybridized carbons (Fsp3) is 0.286. The second kappa shape index (κ2) is 4.56. The summed E-state index contributed by atoms with van der Waals surface area (Å²) in [5.41, 5.74) is 11.7. The summed E-state index contributed by atoms with van der Waals surface area (Å²) in [4.78, 5) is 7.71. The predicted molar refractivity (Wildman–Crippen MR) is 80.5 cm³/mol. The Morgan fingerprint density at radius 2 is 2.15 bits per heavy atom. The van der Waals surface area contributed by atoms with Crippen molar-refractivity contribution in [3.8, 4) is 0 Å². The van der Waals surface area contributed by atoms with Crippen molar-refractivity contribution in [3.05, 3.63) is 35.2 Å². The number of fused-ring (bicyclic) bond motifs is 1. The van der Waals surface area contributed by atoms with Gasteiger partial charge in [-0.15, -0.1) is 0 Å². The highest BCUT2D eigenvalue weighted by Crippen LogP contribution is 2.18. The summed E-state index contributed by atoms with van der Waals surface area (Å²) < 4.78 is 1.89. The number of aromatic nitrogens is 4. The maximum Gasteiger partial charge on any atom is 0.201 e. The van der Waals surface area contributed by atoms with E-state index in [2.05, 4.69) is 27.3 Å². The van der Waals surface area contributed by atoms with Crippen LogP contribution in [0.3, 0.4) is 0 Å². The molecule has 0 saturated heterocycles. The molecule has 0 radical (unpaired) electrons. The lowest BCUT2D eigenvalue weighted by Crippen LogP contribution is -2.03. The molecule has 6 heteroatoms. The summed E-state index contributed by atoms with van der Waals surface area (Å²) in [6.45, 7) is 4.78. The van der Waals surface area contributed by atoms with Gasteiger partial charge in [-0.05, 0) is 32.0 Å². The summed E-state index contributed by atoms with van der Waals surface area (Å²) in [6.07, 6.45) is 0. The quantitative estimate of drug-likeness (QED) is 0.636. The second-order valence-electron chi connectivity index (χ2n) is 4.99. The molecule has 104 valence electrons. The van der Waals surface area contributed by atoms with Crippen LogP contribution in [0.15, 0.2) is 18.2 Å². The molecule has 20 heavy (non-hydrogen) atoms. The summed E-state index contributed by atoms with van der Waals surface area (Å²) >= 11 is 0. The molecular formula is C14H18N6. The van der Waals surface area contributed by atoms with Crippen molar-refractivity contribution in [1.82, 2.24) is 19.7 Å². The number of H-pyrrole nitrogens is 1. The van der Waals surface area contributed by atoms with E-state index in [9.17, 15) is 0 Å². The lowest BCUT2D eigenvalue weighted by molar-refractivity contribution is 0.730. The third-order valence-electron chi connectivity index (χ3n) is 3.60. The van der Waals surface area contributed by atoms with Gasteiger partial charge in [-0.25, -0.2) is 4.98 Å². The van der Waals surface area contributed by atoms with Crippen LogP contribution in [0.4, 0.5) is 11.6 Å². The van der Waals surface area contributed by atoms with E-state index in [1.54, 1.807) is 0 Å². The van der Waals surface area contributed by atoms with Crippen molar-refractivity contribution >= 4 is 22.7 Å². The van der Waals surface area contributed by atoms with E-state index >= 15 is 0 Å². The van der Waals surface area contributed by atoms with Crippen LogP contribution in [-0.2, 0) is 13.6 Å². The first-order valence-corrected chi connectivity index (χ1v) is 6.53. The maximum atomic E-state index is 5.76. The average molecular weight is 270 g/mol. The highest BCUT2D eigenvalue weighted by molar-refractivity contribution is 5.80. The van der Waals surface area contributed by atoms with E-state index < -0.39 is 0 Å². The molecule has 3 rings (SSSR count). The van der Waals surface area contributed by atoms with E-state index in [1.807, 2.05) is 36.9 Å². The van der Waals surface area contributed by atoms with Crippen LogP contribution < -0.4 is 11.1 Å². The fourth-order valence-electron chi connectivity index (χ4n) is 2.36. The number of anilines is 2. The molecule has 0 saturated carbocycles. The van der Waals surface area contributed by atoms with Crippen molar-refractivity contribution in [2.45, 2.75) is 20.4 Å². The van der Waals surface area contributed by atoms with Gasteiger partial charge in [-0.3, -0.25) is 4.68 Å². The zero-order chi connectivity index (χ0) is 14.3. The minimum Gasteiger partial charge on any atom is -0.399 e. The zero-order valence-electron chi connectivity index (χ0n) is 11.9. The first-order valence-electron chi connectivity index (χ1n) is 6.53. The molecule has 0 unspecified atom stereocenters. The Bertz CT molecular complexity index is 767. The second-order valence-corrected chi connectivity index (χ2v) is 4.99. The summed E-state index contributed by atoms with van der Waals surface area (Å²) in [7, 11) is 1.95. The lowest BCUT2D eigenvalue weighted by Gasteiger charge is -2.03. The first-order chi connectivity index (χ1) is 9.54. The normalized spacial score (nSPS) is 11.2. The van der Waals surface area contributed by atoms with Gasteiger partial charge in [0.05, 0.1) is 16.7 Å². The third-order valence-corrected chi connectivity index (χ3v) is 3.60. The van der Waals surface area contributed by atoms with Gasteiger partial charge in [-0.2, -0.15) is 5.10 Å². The van der Waals surface area contributed by atoms with Crippen LogP contribution in [0.25, 0.3) is 11.0 Å². The van der Waals surface area contributed by atoms with Gasteiger partial charge >= 0.3 is 0 Å². The molecule has 0 bridgehead atoms. The molecule has 0 aliphatic heterocycles. The molecule has 0 atom stereocenters. The number of nitrogen functional groups attached to an aromatic ring is 1. The minimum absolute atomic E-state index is 0.695. The van der Waals surface area contributed by atoms with E-state index in [1.165, 1.54) is 5.56 Å². The van der Waals surface area contributed by atoms with Gasteiger partial charge < -0.3 is 16.0 Å². The number of nitrogens with one attached hydrogen (secondary N) is 2. The number of rotatable bonds is 3. The monoisotopic (exact) mass is 270 g/mol. The van der Waals surface area contributed by atoms with E-state index in [4.69, 9.17) is 5.73 Å². The van der Waals surface area contributed by atoms with Crippen LogP contribution in [0.1, 0.15) is 17.0 Å². The number of nitrogens with zero attached hydrogens (tertiary/aromatic N) is 3. The van der Waals surface area contributed by atoms with Crippen LogP contribution in [0.2, 0.25) is 0 Å². The summed E-state index contributed by atoms with van der Waals surface area (Å²) in [5, 5.41) is 7.71. The minimum atomic E-state index is 0.695. The number of nitrogens with two attached hydrogens (primary N) is 1. The Balaban J connectivity index is 1.83. The predicted octanol–water partition coefficient (Wildman–Crippen LogP) is 2.11. The van der Waals surface area contributed by atoms with E-state index in [0.717, 1.165) is 34.1 Å². The van der Waals surface area contributed by atoms with Gasteiger partial charge in [0.25, 0.3) is 0 Å². The lowest BCUT2D eigenvalue weighted by atomic mass is 10.2. The maximum absolute atomic E-state index is 5.76. The van der Waals surface area contributed by atoms with Crippen LogP contribution in [-0.4, -0.2) is 19.7 Å². The molecular weight excluding hydrogens is 252 g/mol. The molecule has 3 aromatic rings. The summed E-state index contributed by atoms with van der Waals surface area (Å²) in [6, 6.07) is 5.64. The smallest absolute Gasteiger partial charge is 0.201 e. The molecule has 0 aliphatic rings. The Kier molecular flexibility index (Phi) is 2.85. The van der Waals surface area contributed by atoms with E-state index in [-0.39, 0.29) is 0 Å². The number of aromatic amines is 1. The van der Waals surface area contributed by atoms with Crippen LogP contribution in [0, 0.1) is 13.8 Å². The average Bonchev–Trinajstić information content (AvgIpc) is 2.89. The molecule has 1 aromatic carbocycles. The van der Waals surface area contributed by atoms with Gasteiger partial charge in [-0.1, -0.05) is 0 Å². The molecule has 0 aliphatic carbocycles. The van der Waals surface area contributed by atoms with Gasteiger partial charge in [0.15, 0.2) is 0 Å². The molecule has 0 fully saturated rings. The molecule has 2 heterocycles. The topological polar surface area (TPSA) is 84.6 Å². The van der Waals surface area contributed by atoms with Gasteiger partial charge in [0, 0.05) is 30.5 Å². The molecule has 0 amide bonds. The molecule has 4 N–H and O–H groups in total. The SMILES string of the molecule is Cc1nn(C)c(C)c1CNc1nc2ccc(N)cc2[nH]1. The Hall–Kier alpha value is -2.50. The fourth-order valence-corrected chi connectivity index (χ4v) is 2.36. The Morgan fingerprint density at radius 1 is 1.35 bits per heavy atom. The number of hydrogen-bond donors (Lipinski definition) is 3. The van der Waals surface area contributed by atoms with Crippen molar-refractivity contribution in [1.29, 1.82) is 0 Å². The molecule has 2 aromatic heterocycles. The Labute approximate surface area is 117 Å². The highest BCUT2D eigenvalue weighted by atomic mass is 15.3. The Morgan fingerprint density at radius 3 is 2.85 bits per heavy atom. The van der Waals surface area contributed by atoms with Crippen molar-refractivity contribution in [3.63, 3.8) is 0 Å². The zero-order valence-corrected chi connectivity index (χ0v) is 11.9. The number of imidazole rings is 1. The number of hydrogen-bond acceptors (Lipinski definition) is 4. The first kappa shape index (κ1) is 12.5. The molecule has 0 spiro atoms. The number of benzene rings is 1. The molecule has 6 nitrogen and oxygen atoms in total. The number of aryl methyl sites for hydroxylation is 2. The van der Waals surface area contributed by atoms with Crippen molar-refractivity contribution in [2.24, 2.45) is 7.05 Å². The standard InChI is InChI=1S/C14H18N6/c1-8-11(9(2)20(3)19-8)7-16-14-17-12-5-4-10(15)6-13(12)18-14/h4-6H,7,15H2,1-3H3,(H2,16,17,18). The van der Waals surface area contributed by atoms with Crippen LogP contribution >= 0.6 is 0 Å². The summed E-state index contributed by atoms with van der Waals surface area (Å²) in [5.74, 6) is 0.744. The van der Waals surface area contributed by atoms with Crippen molar-refractivity contribution < 1.29 is 0 Å². The highest BCUT2D eigenvalue weighted by Gasteiger charge is 2.10. The largest absolute Gasteiger partial charge is 0.399 e. The van der Waals surface area contributed by atoms with E-state index in [0.29, 0.717) is 6.54 Å².